The van der Waals surface area contributed by atoms with E-state index >= 15 is 0 Å². The van der Waals surface area contributed by atoms with Gasteiger partial charge in [-0.05, 0) is 30.0 Å². The molecule has 0 radical (unpaired) electrons. The molecule has 2 unspecified atom stereocenters. The van der Waals surface area contributed by atoms with Gasteiger partial charge in [-0.25, -0.2) is 9.59 Å². The molecule has 1 fully saturated rings. The third-order valence-electron chi connectivity index (χ3n) is 3.72. The van der Waals surface area contributed by atoms with Crippen LogP contribution in [-0.2, 0) is 0 Å². The van der Waals surface area contributed by atoms with Gasteiger partial charge in [0.05, 0.1) is 10.6 Å². The number of carboxylic acid groups (broad SMARTS) is 1. The predicted molar refractivity (Wildman–Crippen MR) is 77.3 cm³/mol. The lowest BCUT2D eigenvalue weighted by atomic mass is 10.0. The molecule has 2 N–H and O–H groups in total. The highest BCUT2D eigenvalue weighted by Gasteiger charge is 2.29. The summed E-state index contributed by atoms with van der Waals surface area (Å²) in [6, 6.07) is 4.22. The summed E-state index contributed by atoms with van der Waals surface area (Å²) < 4.78 is 0. The number of aromatic carboxylic acids is 1. The Bertz CT molecular complexity index is 537. The molecule has 1 aliphatic rings. The number of anilines is 1. The molecule has 2 rings (SSSR count). The maximum atomic E-state index is 12.1. The molecular weight excluding hydrogens is 280 g/mol. The summed E-state index contributed by atoms with van der Waals surface area (Å²) in [5, 5.41) is 11.9. The van der Waals surface area contributed by atoms with Crippen molar-refractivity contribution in [1.29, 1.82) is 0 Å². The fraction of sp³-hybridized carbons (Fsp3) is 0.429. The molecule has 1 saturated heterocycles. The molecule has 6 heteroatoms. The molecule has 1 aliphatic heterocycles. The average molecular weight is 297 g/mol. The minimum atomic E-state index is -1.12. The van der Waals surface area contributed by atoms with E-state index in [0.717, 1.165) is 0 Å². The van der Waals surface area contributed by atoms with E-state index in [1.54, 1.807) is 11.0 Å². The first-order chi connectivity index (χ1) is 9.38. The monoisotopic (exact) mass is 296 g/mol. The van der Waals surface area contributed by atoms with Crippen LogP contribution < -0.4 is 5.32 Å². The summed E-state index contributed by atoms with van der Waals surface area (Å²) in [5.74, 6) is -0.171. The molecule has 0 bridgehead atoms. The van der Waals surface area contributed by atoms with Crippen LogP contribution in [-0.4, -0.2) is 35.1 Å². The molecule has 1 aromatic carbocycles. The molecule has 0 spiro atoms. The van der Waals surface area contributed by atoms with Gasteiger partial charge in [-0.2, -0.15) is 0 Å². The van der Waals surface area contributed by atoms with E-state index < -0.39 is 5.97 Å². The molecule has 1 heterocycles. The van der Waals surface area contributed by atoms with E-state index in [4.69, 9.17) is 16.7 Å². The lowest BCUT2D eigenvalue weighted by Crippen LogP contribution is -2.33. The highest BCUT2D eigenvalue weighted by Crippen LogP contribution is 2.24. The van der Waals surface area contributed by atoms with E-state index in [9.17, 15) is 9.59 Å². The van der Waals surface area contributed by atoms with Gasteiger partial charge >= 0.3 is 12.0 Å². The number of hydrogen-bond acceptors (Lipinski definition) is 2. The second kappa shape index (κ2) is 5.71. The Kier molecular flexibility index (Phi) is 4.18. The van der Waals surface area contributed by atoms with Gasteiger partial charge in [-0.15, -0.1) is 0 Å². The molecule has 20 heavy (non-hydrogen) atoms. The summed E-state index contributed by atoms with van der Waals surface area (Å²) in [7, 11) is 0. The van der Waals surface area contributed by atoms with Crippen LogP contribution in [0.15, 0.2) is 18.2 Å². The average Bonchev–Trinajstić information content (AvgIpc) is 2.72. The lowest BCUT2D eigenvalue weighted by molar-refractivity contribution is 0.0697. The normalized spacial score (nSPS) is 21.9. The third-order valence-corrected chi connectivity index (χ3v) is 4.05. The van der Waals surface area contributed by atoms with E-state index in [1.807, 2.05) is 0 Å². The van der Waals surface area contributed by atoms with Crippen LogP contribution in [0.1, 0.15) is 24.2 Å². The molecule has 2 amide bonds. The van der Waals surface area contributed by atoms with Gasteiger partial charge in [-0.3, -0.25) is 0 Å². The van der Waals surface area contributed by atoms with Gasteiger partial charge < -0.3 is 15.3 Å². The fourth-order valence-electron chi connectivity index (χ4n) is 2.26. The van der Waals surface area contributed by atoms with Crippen molar-refractivity contribution in [2.45, 2.75) is 13.8 Å². The highest BCUT2D eigenvalue weighted by atomic mass is 35.5. The van der Waals surface area contributed by atoms with Crippen molar-refractivity contribution < 1.29 is 14.7 Å². The number of urea groups is 1. The molecule has 1 aromatic rings. The maximum absolute atomic E-state index is 12.1. The van der Waals surface area contributed by atoms with Gasteiger partial charge in [0.15, 0.2) is 0 Å². The molecule has 0 saturated carbocycles. The Morgan fingerprint density at radius 3 is 2.45 bits per heavy atom. The summed E-state index contributed by atoms with van der Waals surface area (Å²) in [6.07, 6.45) is 0. The van der Waals surface area contributed by atoms with Crippen LogP contribution in [0, 0.1) is 11.8 Å². The van der Waals surface area contributed by atoms with Crippen molar-refractivity contribution in [2.75, 3.05) is 18.4 Å². The standard InChI is InChI=1S/C14H17ClN2O3/c1-8-6-17(7-9(8)2)14(20)16-10-3-4-12(15)11(5-10)13(18)19/h3-5,8-9H,6-7H2,1-2H3,(H,16,20)(H,18,19). The number of halogens is 1. The first kappa shape index (κ1) is 14.7. The van der Waals surface area contributed by atoms with Gasteiger partial charge in [0, 0.05) is 18.8 Å². The molecule has 2 atom stereocenters. The minimum absolute atomic E-state index is 0.0207. The number of carboxylic acids is 1. The van der Waals surface area contributed by atoms with Crippen LogP contribution in [0.4, 0.5) is 10.5 Å². The van der Waals surface area contributed by atoms with E-state index in [-0.39, 0.29) is 16.6 Å². The lowest BCUT2D eigenvalue weighted by Gasteiger charge is -2.17. The van der Waals surface area contributed by atoms with Crippen LogP contribution in [0.3, 0.4) is 0 Å². The van der Waals surface area contributed by atoms with Gasteiger partial charge in [-0.1, -0.05) is 25.4 Å². The van der Waals surface area contributed by atoms with E-state index in [2.05, 4.69) is 19.2 Å². The number of carbonyl (C=O) groups is 2. The Hall–Kier alpha value is -1.75. The zero-order valence-corrected chi connectivity index (χ0v) is 12.1. The first-order valence-corrected chi connectivity index (χ1v) is 6.85. The number of carbonyl (C=O) groups excluding carboxylic acids is 1. The van der Waals surface area contributed by atoms with Crippen molar-refractivity contribution in [3.63, 3.8) is 0 Å². The maximum Gasteiger partial charge on any atom is 0.337 e. The SMILES string of the molecule is CC1CN(C(=O)Nc2ccc(Cl)c(C(=O)O)c2)CC1C. The zero-order chi connectivity index (χ0) is 14.9. The molecule has 0 aliphatic carbocycles. The summed E-state index contributed by atoms with van der Waals surface area (Å²) in [4.78, 5) is 24.8. The van der Waals surface area contributed by atoms with Crippen LogP contribution >= 0.6 is 11.6 Å². The van der Waals surface area contributed by atoms with Crippen molar-refractivity contribution in [3.8, 4) is 0 Å². The molecule has 0 aromatic heterocycles. The number of hydrogen-bond donors (Lipinski definition) is 2. The number of benzene rings is 1. The van der Waals surface area contributed by atoms with Gasteiger partial charge in [0.1, 0.15) is 0 Å². The summed E-state index contributed by atoms with van der Waals surface area (Å²) in [5.41, 5.74) is 0.414. The summed E-state index contributed by atoms with van der Waals surface area (Å²) in [6.45, 7) is 5.66. The molecule has 5 nitrogen and oxygen atoms in total. The quantitative estimate of drug-likeness (QED) is 0.881. The van der Waals surface area contributed by atoms with Crippen LogP contribution in [0.5, 0.6) is 0 Å². The van der Waals surface area contributed by atoms with Crippen molar-refractivity contribution in [2.24, 2.45) is 11.8 Å². The largest absolute Gasteiger partial charge is 0.478 e. The van der Waals surface area contributed by atoms with Crippen molar-refractivity contribution in [3.05, 3.63) is 28.8 Å². The van der Waals surface area contributed by atoms with Gasteiger partial charge in [0.25, 0.3) is 0 Å². The number of likely N-dealkylation sites (tertiary alicyclic amines) is 1. The topological polar surface area (TPSA) is 69.6 Å². The van der Waals surface area contributed by atoms with Crippen molar-refractivity contribution >= 4 is 29.3 Å². The summed E-state index contributed by atoms with van der Waals surface area (Å²) >= 11 is 5.79. The second-order valence-corrected chi connectivity index (χ2v) is 5.70. The zero-order valence-electron chi connectivity index (χ0n) is 11.4. The van der Waals surface area contributed by atoms with Crippen LogP contribution in [0.2, 0.25) is 5.02 Å². The van der Waals surface area contributed by atoms with E-state index in [0.29, 0.717) is 30.6 Å². The Morgan fingerprint density at radius 2 is 1.90 bits per heavy atom. The Labute approximate surface area is 122 Å². The highest BCUT2D eigenvalue weighted by molar-refractivity contribution is 6.33. The Morgan fingerprint density at radius 1 is 1.30 bits per heavy atom. The number of nitrogens with one attached hydrogen (secondary N) is 1. The van der Waals surface area contributed by atoms with Crippen LogP contribution in [0.25, 0.3) is 0 Å². The van der Waals surface area contributed by atoms with Crippen molar-refractivity contribution in [1.82, 2.24) is 4.90 Å². The predicted octanol–water partition coefficient (Wildman–Crippen LogP) is 3.16. The van der Waals surface area contributed by atoms with Gasteiger partial charge in [0.2, 0.25) is 0 Å². The number of rotatable bonds is 2. The smallest absolute Gasteiger partial charge is 0.337 e. The Balaban J connectivity index is 2.09. The third kappa shape index (κ3) is 3.04. The number of amides is 2. The first-order valence-electron chi connectivity index (χ1n) is 6.47. The molecule has 108 valence electrons. The molecular formula is C14H17ClN2O3. The van der Waals surface area contributed by atoms with E-state index in [1.165, 1.54) is 12.1 Å². The second-order valence-electron chi connectivity index (χ2n) is 5.29. The minimum Gasteiger partial charge on any atom is -0.478 e. The number of nitrogens with zero attached hydrogens (tertiary/aromatic N) is 1. The fourth-order valence-corrected chi connectivity index (χ4v) is 2.46.